The minimum Gasteiger partial charge on any atom is -0.423 e. The van der Waals surface area contributed by atoms with Gasteiger partial charge in [0, 0.05) is 0 Å². The highest BCUT2D eigenvalue weighted by Crippen LogP contribution is 2.25. The van der Waals surface area contributed by atoms with Crippen molar-refractivity contribution < 1.29 is 4.42 Å². The fourth-order valence-electron chi connectivity index (χ4n) is 2.52. The van der Waals surface area contributed by atoms with E-state index in [0.717, 1.165) is 29.8 Å². The molecule has 88 valence electrons. The van der Waals surface area contributed by atoms with E-state index in [1.165, 1.54) is 0 Å². The maximum absolute atomic E-state index is 11.9. The topological polar surface area (TPSA) is 47.5 Å². The highest BCUT2D eigenvalue weighted by atomic mass is 16.4. The predicted molar refractivity (Wildman–Crippen MR) is 68.6 cm³/mol. The molecule has 4 rings (SSSR count). The van der Waals surface area contributed by atoms with Gasteiger partial charge in [0.1, 0.15) is 0 Å². The van der Waals surface area contributed by atoms with Crippen molar-refractivity contribution in [2.45, 2.75) is 12.8 Å². The number of benzene rings is 1. The number of aryl methyl sites for hydroxylation is 1. The first-order valence-electron chi connectivity index (χ1n) is 5.94. The molecule has 0 radical (unpaired) electrons. The van der Waals surface area contributed by atoms with Gasteiger partial charge in [-0.3, -0.25) is 9.20 Å². The lowest BCUT2D eigenvalue weighted by Gasteiger charge is -2.05. The summed E-state index contributed by atoms with van der Waals surface area (Å²) in [7, 11) is 0. The first-order valence-corrected chi connectivity index (χ1v) is 5.94. The smallest absolute Gasteiger partial charge is 0.310 e. The van der Waals surface area contributed by atoms with E-state index in [4.69, 9.17) is 4.42 Å². The number of hydrogen-bond acceptors (Lipinski definition) is 3. The lowest BCUT2D eigenvalue weighted by Crippen LogP contribution is -2.10. The van der Waals surface area contributed by atoms with E-state index in [-0.39, 0.29) is 5.56 Å². The molecule has 0 aliphatic heterocycles. The van der Waals surface area contributed by atoms with E-state index in [9.17, 15) is 4.79 Å². The van der Waals surface area contributed by atoms with Crippen LogP contribution in [0, 0.1) is 0 Å². The Balaban J connectivity index is 2.30. The normalized spacial score (nSPS) is 14.2. The monoisotopic (exact) mass is 238 g/mol. The molecule has 0 spiro atoms. The minimum atomic E-state index is -0.235. The summed E-state index contributed by atoms with van der Waals surface area (Å²) in [5.41, 5.74) is 1.73. The molecular weight excluding hydrogens is 228 g/mol. The van der Waals surface area contributed by atoms with Crippen LogP contribution in [0.3, 0.4) is 0 Å². The van der Waals surface area contributed by atoms with Gasteiger partial charge in [0.15, 0.2) is 5.76 Å². The number of fused-ring (bicyclic) bond motifs is 5. The molecule has 4 nitrogen and oxygen atoms in total. The quantitative estimate of drug-likeness (QED) is 0.604. The molecular formula is C14H10N2O2. The van der Waals surface area contributed by atoms with Crippen LogP contribution in [0.1, 0.15) is 17.9 Å². The summed E-state index contributed by atoms with van der Waals surface area (Å²) in [5.74, 6) is 1.19. The highest BCUT2D eigenvalue weighted by Gasteiger charge is 2.17. The van der Waals surface area contributed by atoms with Gasteiger partial charge in [-0.15, -0.1) is 0 Å². The maximum atomic E-state index is 11.9. The SMILES string of the molecule is O=c1nc2oc3c(n2c2ccccc12)CCC=C3. The fraction of sp³-hybridized carbons (Fsp3) is 0.143. The van der Waals surface area contributed by atoms with E-state index < -0.39 is 0 Å². The van der Waals surface area contributed by atoms with E-state index in [0.29, 0.717) is 11.2 Å². The molecule has 2 heterocycles. The van der Waals surface area contributed by atoms with Crippen LogP contribution in [0.25, 0.3) is 22.8 Å². The van der Waals surface area contributed by atoms with Crippen LogP contribution in [0.2, 0.25) is 0 Å². The van der Waals surface area contributed by atoms with Crippen molar-refractivity contribution in [2.75, 3.05) is 0 Å². The summed E-state index contributed by atoms with van der Waals surface area (Å²) >= 11 is 0. The number of hydrogen-bond donors (Lipinski definition) is 0. The molecule has 0 N–H and O–H groups in total. The van der Waals surface area contributed by atoms with Crippen LogP contribution in [-0.2, 0) is 6.42 Å². The second-order valence-corrected chi connectivity index (χ2v) is 4.41. The second-order valence-electron chi connectivity index (χ2n) is 4.41. The van der Waals surface area contributed by atoms with Gasteiger partial charge in [0.25, 0.3) is 5.56 Å². The van der Waals surface area contributed by atoms with E-state index in [1.54, 1.807) is 6.07 Å². The second kappa shape index (κ2) is 3.32. The Morgan fingerprint density at radius 3 is 3.11 bits per heavy atom. The van der Waals surface area contributed by atoms with Gasteiger partial charge >= 0.3 is 5.84 Å². The Morgan fingerprint density at radius 1 is 1.28 bits per heavy atom. The Bertz CT molecular complexity index is 855. The van der Waals surface area contributed by atoms with Gasteiger partial charge in [-0.1, -0.05) is 18.2 Å². The van der Waals surface area contributed by atoms with Gasteiger partial charge in [-0.2, -0.15) is 4.98 Å². The molecule has 18 heavy (non-hydrogen) atoms. The summed E-state index contributed by atoms with van der Waals surface area (Å²) < 4.78 is 7.60. The Labute approximate surface area is 102 Å². The van der Waals surface area contributed by atoms with Gasteiger partial charge in [-0.25, -0.2) is 0 Å². The third-order valence-electron chi connectivity index (χ3n) is 3.34. The molecule has 0 bridgehead atoms. The third-order valence-corrected chi connectivity index (χ3v) is 3.34. The summed E-state index contributed by atoms with van der Waals surface area (Å²) in [5, 5.41) is 0.633. The molecule has 0 saturated carbocycles. The largest absolute Gasteiger partial charge is 0.423 e. The lowest BCUT2D eigenvalue weighted by molar-refractivity contribution is 0.578. The van der Waals surface area contributed by atoms with Crippen LogP contribution in [-0.4, -0.2) is 9.38 Å². The lowest BCUT2D eigenvalue weighted by atomic mass is 10.1. The number of rotatable bonds is 0. The highest BCUT2D eigenvalue weighted by molar-refractivity contribution is 5.80. The Hall–Kier alpha value is -2.36. The van der Waals surface area contributed by atoms with Gasteiger partial charge in [0.2, 0.25) is 0 Å². The van der Waals surface area contributed by atoms with Gasteiger partial charge in [0.05, 0.1) is 16.6 Å². The van der Waals surface area contributed by atoms with E-state index in [2.05, 4.69) is 11.1 Å². The number of oxazole rings is 1. The zero-order valence-corrected chi connectivity index (χ0v) is 9.59. The summed E-state index contributed by atoms with van der Waals surface area (Å²) in [6.45, 7) is 0. The number of aromatic nitrogens is 2. The van der Waals surface area contributed by atoms with Crippen molar-refractivity contribution in [3.05, 3.63) is 52.1 Å². The first-order chi connectivity index (χ1) is 8.84. The summed E-state index contributed by atoms with van der Waals surface area (Å²) in [6.07, 6.45) is 5.92. The van der Waals surface area contributed by atoms with Crippen molar-refractivity contribution in [1.29, 1.82) is 0 Å². The van der Waals surface area contributed by atoms with Crippen LogP contribution < -0.4 is 5.56 Å². The van der Waals surface area contributed by atoms with Crippen molar-refractivity contribution in [1.82, 2.24) is 9.38 Å². The average molecular weight is 238 g/mol. The van der Waals surface area contributed by atoms with E-state index >= 15 is 0 Å². The zero-order chi connectivity index (χ0) is 12.1. The van der Waals surface area contributed by atoms with Crippen molar-refractivity contribution >= 4 is 22.8 Å². The Kier molecular flexibility index (Phi) is 1.78. The molecule has 0 saturated heterocycles. The van der Waals surface area contributed by atoms with E-state index in [1.807, 2.05) is 28.7 Å². The molecule has 3 aromatic rings. The fourth-order valence-corrected chi connectivity index (χ4v) is 2.52. The zero-order valence-electron chi connectivity index (χ0n) is 9.59. The summed E-state index contributed by atoms with van der Waals surface area (Å²) in [6, 6.07) is 7.51. The van der Waals surface area contributed by atoms with Crippen molar-refractivity contribution in [3.8, 4) is 0 Å². The van der Waals surface area contributed by atoms with Crippen LogP contribution >= 0.6 is 0 Å². The predicted octanol–water partition coefficient (Wildman–Crippen LogP) is 2.40. The number of allylic oxidation sites excluding steroid dienone is 1. The molecule has 2 aromatic heterocycles. The molecule has 0 fully saturated rings. The maximum Gasteiger partial charge on any atom is 0.310 e. The Morgan fingerprint density at radius 2 is 2.17 bits per heavy atom. The van der Waals surface area contributed by atoms with Crippen LogP contribution in [0.4, 0.5) is 0 Å². The number of nitrogens with zero attached hydrogens (tertiary/aromatic N) is 2. The van der Waals surface area contributed by atoms with Crippen LogP contribution in [0.15, 0.2) is 39.6 Å². The molecule has 1 aliphatic rings. The average Bonchev–Trinajstić information content (AvgIpc) is 2.77. The molecule has 0 atom stereocenters. The molecule has 0 unspecified atom stereocenters. The molecule has 1 aliphatic carbocycles. The molecule has 0 amide bonds. The van der Waals surface area contributed by atoms with Crippen LogP contribution in [0.5, 0.6) is 0 Å². The van der Waals surface area contributed by atoms with Gasteiger partial charge in [-0.05, 0) is 31.1 Å². The summed E-state index contributed by atoms with van der Waals surface area (Å²) in [4.78, 5) is 15.9. The first kappa shape index (κ1) is 9.65. The third kappa shape index (κ3) is 1.14. The van der Waals surface area contributed by atoms with Crippen molar-refractivity contribution in [2.24, 2.45) is 0 Å². The number of para-hydroxylation sites is 1. The standard InChI is InChI=1S/C14H10N2O2/c17-13-9-5-1-2-6-10(9)16-11-7-3-4-8-12(11)18-14(16)15-13/h1-2,4-6,8H,3,7H2. The molecule has 4 heteroatoms. The molecule has 1 aromatic carbocycles. The van der Waals surface area contributed by atoms with Gasteiger partial charge < -0.3 is 4.42 Å². The minimum absolute atomic E-state index is 0.235. The van der Waals surface area contributed by atoms with Crippen molar-refractivity contribution in [3.63, 3.8) is 0 Å².